The van der Waals surface area contributed by atoms with Crippen molar-refractivity contribution in [3.05, 3.63) is 48.8 Å². The van der Waals surface area contributed by atoms with E-state index in [9.17, 15) is 0 Å². The van der Waals surface area contributed by atoms with Crippen molar-refractivity contribution in [2.24, 2.45) is 0 Å². The zero-order chi connectivity index (χ0) is 6.81. The molecule has 0 aliphatic heterocycles. The monoisotopic (exact) mass is 131 g/mol. The van der Waals surface area contributed by atoms with Crippen LogP contribution >= 0.6 is 0 Å². The molecule has 0 atom stereocenters. The summed E-state index contributed by atoms with van der Waals surface area (Å²) in [4.78, 5) is 0. The molecule has 50 valence electrons. The summed E-state index contributed by atoms with van der Waals surface area (Å²) in [6.45, 7) is 0. The van der Waals surface area contributed by atoms with Crippen molar-refractivity contribution >= 4 is 0 Å². The van der Waals surface area contributed by atoms with Crippen LogP contribution in [0.1, 0.15) is 6.04 Å². The van der Waals surface area contributed by atoms with E-state index in [4.69, 9.17) is 0 Å². The molecule has 0 amide bonds. The molecule has 0 saturated heterocycles. The zero-order valence-electron chi connectivity index (χ0n) is 5.64. The Morgan fingerprint density at radius 3 is 2.10 bits per heavy atom. The van der Waals surface area contributed by atoms with Gasteiger partial charge in [-0.2, -0.15) is 0 Å². The second kappa shape index (κ2) is 2.18. The first-order valence-corrected chi connectivity index (χ1v) is 3.44. The molecule has 0 unspecified atom stereocenters. The van der Waals surface area contributed by atoms with Crippen LogP contribution in [0, 0.1) is 0 Å². The van der Waals surface area contributed by atoms with Crippen LogP contribution in [0.5, 0.6) is 0 Å². The van der Waals surface area contributed by atoms with Crippen LogP contribution in [0.2, 0.25) is 0 Å². The second-order valence-electron chi connectivity index (χ2n) is 2.39. The van der Waals surface area contributed by atoms with Gasteiger partial charge in [0.1, 0.15) is 0 Å². The third-order valence-corrected chi connectivity index (χ3v) is 1.70. The van der Waals surface area contributed by atoms with Gasteiger partial charge in [0.2, 0.25) is 0 Å². The molecular weight excluding hydrogens is 122 g/mol. The first kappa shape index (κ1) is 5.54. The molecule has 0 fully saturated rings. The molecule has 0 saturated carbocycles. The van der Waals surface area contributed by atoms with Crippen LogP contribution in [0.15, 0.2) is 48.8 Å². The van der Waals surface area contributed by atoms with E-state index in [1.165, 1.54) is 0 Å². The highest BCUT2D eigenvalue weighted by atomic mass is 15.0. The molecule has 1 heteroatoms. The van der Waals surface area contributed by atoms with Gasteiger partial charge in [-0.15, -0.1) is 0 Å². The molecule has 0 spiro atoms. The first-order chi connectivity index (χ1) is 4.97. The Labute approximate surface area is 60.3 Å². The lowest BCUT2D eigenvalue weighted by molar-refractivity contribution is 0.736. The summed E-state index contributed by atoms with van der Waals surface area (Å²) in [6, 6.07) is 4.54. The molecule has 2 rings (SSSR count). The van der Waals surface area contributed by atoms with E-state index in [2.05, 4.69) is 41.3 Å². The summed E-state index contributed by atoms with van der Waals surface area (Å²) >= 11 is 0. The van der Waals surface area contributed by atoms with Gasteiger partial charge in [0, 0.05) is 12.4 Å². The van der Waals surface area contributed by atoms with Crippen LogP contribution in [0.3, 0.4) is 0 Å². The van der Waals surface area contributed by atoms with Crippen molar-refractivity contribution in [1.29, 1.82) is 0 Å². The van der Waals surface area contributed by atoms with Crippen molar-refractivity contribution in [3.63, 3.8) is 0 Å². The van der Waals surface area contributed by atoms with Gasteiger partial charge in [0.25, 0.3) is 0 Å². The predicted octanol–water partition coefficient (Wildman–Crippen LogP) is 2.16. The molecule has 0 bridgehead atoms. The number of aromatic nitrogens is 1. The standard InChI is InChI=1S/C9H9N/c1-2-6-9(5-1)10-7-3-4-8-10/h1-9H. The molecule has 0 N–H and O–H groups in total. The van der Waals surface area contributed by atoms with Crippen molar-refractivity contribution in [2.45, 2.75) is 6.04 Å². The Hall–Kier alpha value is -1.24. The van der Waals surface area contributed by atoms with Gasteiger partial charge >= 0.3 is 0 Å². The molecule has 1 aliphatic carbocycles. The maximum Gasteiger partial charge on any atom is 0.0700 e. The van der Waals surface area contributed by atoms with Crippen LogP contribution < -0.4 is 0 Å². The number of hydrogen-bond donors (Lipinski definition) is 0. The van der Waals surface area contributed by atoms with Crippen LogP contribution in [0.4, 0.5) is 0 Å². The largest absolute Gasteiger partial charge is 0.344 e. The summed E-state index contributed by atoms with van der Waals surface area (Å²) in [6.07, 6.45) is 12.6. The summed E-state index contributed by atoms with van der Waals surface area (Å²) in [5.74, 6) is 0. The lowest BCUT2D eigenvalue weighted by Gasteiger charge is -2.05. The van der Waals surface area contributed by atoms with Gasteiger partial charge in [-0.05, 0) is 12.1 Å². The van der Waals surface area contributed by atoms with Gasteiger partial charge < -0.3 is 4.57 Å². The quantitative estimate of drug-likeness (QED) is 0.550. The fraction of sp³-hybridized carbons (Fsp3) is 0.111. The third-order valence-electron chi connectivity index (χ3n) is 1.70. The highest BCUT2D eigenvalue weighted by Crippen LogP contribution is 2.14. The number of allylic oxidation sites excluding steroid dienone is 4. The first-order valence-electron chi connectivity index (χ1n) is 3.44. The second-order valence-corrected chi connectivity index (χ2v) is 2.39. The Balaban J connectivity index is 2.29. The molecule has 0 aromatic carbocycles. The lowest BCUT2D eigenvalue weighted by atomic mass is 10.3. The highest BCUT2D eigenvalue weighted by molar-refractivity contribution is 5.20. The van der Waals surface area contributed by atoms with Gasteiger partial charge in [-0.25, -0.2) is 0 Å². The number of rotatable bonds is 1. The van der Waals surface area contributed by atoms with Crippen molar-refractivity contribution in [2.75, 3.05) is 0 Å². The highest BCUT2D eigenvalue weighted by Gasteiger charge is 2.02. The van der Waals surface area contributed by atoms with E-state index < -0.39 is 0 Å². The molecular formula is C9H9N. The Morgan fingerprint density at radius 1 is 0.900 bits per heavy atom. The van der Waals surface area contributed by atoms with Crippen molar-refractivity contribution in [1.82, 2.24) is 4.57 Å². The van der Waals surface area contributed by atoms with Gasteiger partial charge in [0.05, 0.1) is 6.04 Å². The Morgan fingerprint density at radius 2 is 1.50 bits per heavy atom. The molecule has 1 heterocycles. The van der Waals surface area contributed by atoms with E-state index in [-0.39, 0.29) is 0 Å². The van der Waals surface area contributed by atoms with Gasteiger partial charge in [-0.3, -0.25) is 0 Å². The third kappa shape index (κ3) is 0.798. The van der Waals surface area contributed by atoms with Gasteiger partial charge in [0.15, 0.2) is 0 Å². The molecule has 0 radical (unpaired) electrons. The van der Waals surface area contributed by atoms with Crippen LogP contribution in [-0.2, 0) is 0 Å². The van der Waals surface area contributed by atoms with Crippen molar-refractivity contribution in [3.8, 4) is 0 Å². The fourth-order valence-electron chi connectivity index (χ4n) is 1.17. The topological polar surface area (TPSA) is 4.93 Å². The number of hydrogen-bond acceptors (Lipinski definition) is 0. The van der Waals surface area contributed by atoms with Gasteiger partial charge in [-0.1, -0.05) is 24.3 Å². The van der Waals surface area contributed by atoms with E-state index in [1.807, 2.05) is 12.1 Å². The van der Waals surface area contributed by atoms with E-state index in [0.717, 1.165) is 0 Å². The molecule has 10 heavy (non-hydrogen) atoms. The average molecular weight is 131 g/mol. The van der Waals surface area contributed by atoms with Crippen LogP contribution in [0.25, 0.3) is 0 Å². The average Bonchev–Trinajstić information content (AvgIpc) is 2.59. The minimum atomic E-state index is 0.454. The summed E-state index contributed by atoms with van der Waals surface area (Å²) in [5.41, 5.74) is 0. The smallest absolute Gasteiger partial charge is 0.0700 e. The minimum Gasteiger partial charge on any atom is -0.344 e. The van der Waals surface area contributed by atoms with E-state index in [1.54, 1.807) is 0 Å². The summed E-state index contributed by atoms with van der Waals surface area (Å²) in [7, 11) is 0. The fourth-order valence-corrected chi connectivity index (χ4v) is 1.17. The Bertz CT molecular complexity index is 242. The maximum absolute atomic E-state index is 2.17. The summed E-state index contributed by atoms with van der Waals surface area (Å²) < 4.78 is 2.17. The van der Waals surface area contributed by atoms with Crippen LogP contribution in [-0.4, -0.2) is 4.57 Å². The van der Waals surface area contributed by atoms with E-state index >= 15 is 0 Å². The number of nitrogens with zero attached hydrogens (tertiary/aromatic N) is 1. The Kier molecular flexibility index (Phi) is 1.21. The summed E-state index contributed by atoms with van der Waals surface area (Å²) in [5, 5.41) is 0. The molecule has 1 aliphatic rings. The SMILES string of the molecule is C1=CC(n2cccc2)C=C1. The molecule has 1 nitrogen and oxygen atoms in total. The normalized spacial score (nSPS) is 16.8. The van der Waals surface area contributed by atoms with E-state index in [0.29, 0.717) is 6.04 Å². The maximum atomic E-state index is 2.17. The zero-order valence-corrected chi connectivity index (χ0v) is 5.64. The minimum absolute atomic E-state index is 0.454. The molecule has 1 aromatic heterocycles. The molecule has 1 aromatic rings. The van der Waals surface area contributed by atoms with Crippen molar-refractivity contribution < 1.29 is 0 Å². The predicted molar refractivity (Wildman–Crippen MR) is 41.7 cm³/mol. The lowest BCUT2D eigenvalue weighted by Crippen LogP contribution is -1.96.